The summed E-state index contributed by atoms with van der Waals surface area (Å²) in [6.45, 7) is 3.08. The lowest BCUT2D eigenvalue weighted by molar-refractivity contribution is -0.135. The molecular formula is C13H17BrN4O3. The zero-order valence-corrected chi connectivity index (χ0v) is 13.6. The summed E-state index contributed by atoms with van der Waals surface area (Å²) in [6.07, 6.45) is 1.05. The summed E-state index contributed by atoms with van der Waals surface area (Å²) in [5.74, 6) is -0.165. The van der Waals surface area contributed by atoms with Gasteiger partial charge in [0.15, 0.2) is 0 Å². The lowest BCUT2D eigenvalue weighted by atomic mass is 9.90. The number of urea groups is 1. The number of carbonyl (C=O) groups excluding carboxylic acids is 2. The molecule has 114 valence electrons. The predicted octanol–water partition coefficient (Wildman–Crippen LogP) is 1.09. The Kier molecular flexibility index (Phi) is 3.53. The van der Waals surface area contributed by atoms with E-state index in [1.165, 1.54) is 4.90 Å². The summed E-state index contributed by atoms with van der Waals surface area (Å²) in [7, 11) is 1.80. The fraction of sp³-hybridized carbons (Fsp3) is 0.615. The number of hydrogen-bond acceptors (Lipinski definition) is 4. The van der Waals surface area contributed by atoms with E-state index < -0.39 is 5.54 Å². The van der Waals surface area contributed by atoms with Crippen LogP contribution in [0.3, 0.4) is 0 Å². The van der Waals surface area contributed by atoms with Crippen LogP contribution in [0.25, 0.3) is 0 Å². The quantitative estimate of drug-likeness (QED) is 0.804. The fourth-order valence-corrected chi connectivity index (χ4v) is 3.34. The van der Waals surface area contributed by atoms with Crippen molar-refractivity contribution in [2.45, 2.75) is 31.8 Å². The molecule has 3 heterocycles. The van der Waals surface area contributed by atoms with E-state index in [-0.39, 0.29) is 18.5 Å². The molecule has 2 aliphatic heterocycles. The number of amides is 3. The second kappa shape index (κ2) is 5.10. The number of nitrogens with one attached hydrogen (secondary N) is 1. The van der Waals surface area contributed by atoms with Crippen molar-refractivity contribution < 1.29 is 14.3 Å². The first-order valence-electron chi connectivity index (χ1n) is 6.84. The molecular weight excluding hydrogens is 340 g/mol. The summed E-state index contributed by atoms with van der Waals surface area (Å²) >= 11 is 3.46. The van der Waals surface area contributed by atoms with Gasteiger partial charge < -0.3 is 10.1 Å². The molecule has 2 fully saturated rings. The summed E-state index contributed by atoms with van der Waals surface area (Å²) < 4.78 is 7.81. The maximum Gasteiger partial charge on any atom is 0.325 e. The molecule has 1 aromatic rings. The standard InChI is InChI=1S/C13H17BrN4O3/c1-8-10(14)9(17(2)16-8)7-18-11(19)13(15-12(18)20)3-5-21-6-4-13/h3-7H2,1-2H3,(H,15,20). The molecule has 0 atom stereocenters. The van der Waals surface area contributed by atoms with E-state index in [9.17, 15) is 9.59 Å². The van der Waals surface area contributed by atoms with E-state index in [0.717, 1.165) is 15.9 Å². The number of carbonyl (C=O) groups is 2. The highest BCUT2D eigenvalue weighted by atomic mass is 79.9. The van der Waals surface area contributed by atoms with Crippen LogP contribution in [0.4, 0.5) is 4.79 Å². The highest BCUT2D eigenvalue weighted by molar-refractivity contribution is 9.10. The highest BCUT2D eigenvalue weighted by Crippen LogP contribution is 2.30. The summed E-state index contributed by atoms with van der Waals surface area (Å²) in [5.41, 5.74) is 0.857. The maximum atomic E-state index is 12.7. The number of nitrogens with zero attached hydrogens (tertiary/aromatic N) is 3. The van der Waals surface area contributed by atoms with E-state index in [0.29, 0.717) is 26.1 Å². The molecule has 8 heteroatoms. The average Bonchev–Trinajstić information content (AvgIpc) is 2.82. The van der Waals surface area contributed by atoms with Crippen LogP contribution in [0, 0.1) is 6.92 Å². The van der Waals surface area contributed by atoms with Crippen LogP contribution in [-0.4, -0.2) is 45.4 Å². The third-order valence-corrected chi connectivity index (χ3v) is 5.19. The molecule has 3 amide bonds. The van der Waals surface area contributed by atoms with E-state index >= 15 is 0 Å². The number of hydrogen-bond donors (Lipinski definition) is 1. The molecule has 1 N–H and O–H groups in total. The van der Waals surface area contributed by atoms with Gasteiger partial charge in [0.2, 0.25) is 0 Å². The van der Waals surface area contributed by atoms with Crippen LogP contribution in [0.2, 0.25) is 0 Å². The van der Waals surface area contributed by atoms with Crippen molar-refractivity contribution in [1.29, 1.82) is 0 Å². The van der Waals surface area contributed by atoms with E-state index in [1.54, 1.807) is 11.7 Å². The molecule has 0 aliphatic carbocycles. The summed E-state index contributed by atoms with van der Waals surface area (Å²) in [5, 5.41) is 7.13. The minimum Gasteiger partial charge on any atom is -0.381 e. The Balaban J connectivity index is 1.86. The van der Waals surface area contributed by atoms with Crippen molar-refractivity contribution >= 4 is 27.9 Å². The Hall–Kier alpha value is -1.41. The Bertz CT molecular complexity index is 607. The molecule has 21 heavy (non-hydrogen) atoms. The van der Waals surface area contributed by atoms with Gasteiger partial charge in [0.1, 0.15) is 5.54 Å². The first-order valence-corrected chi connectivity index (χ1v) is 7.64. The van der Waals surface area contributed by atoms with Crippen molar-refractivity contribution in [2.75, 3.05) is 13.2 Å². The van der Waals surface area contributed by atoms with Crippen molar-refractivity contribution in [2.24, 2.45) is 7.05 Å². The molecule has 2 saturated heterocycles. The van der Waals surface area contributed by atoms with Gasteiger partial charge in [-0.05, 0) is 22.9 Å². The van der Waals surface area contributed by atoms with Gasteiger partial charge in [-0.3, -0.25) is 14.4 Å². The number of rotatable bonds is 2. The zero-order chi connectivity index (χ0) is 15.2. The first-order chi connectivity index (χ1) is 9.94. The van der Waals surface area contributed by atoms with Crippen molar-refractivity contribution in [3.8, 4) is 0 Å². The van der Waals surface area contributed by atoms with Crippen LogP contribution >= 0.6 is 15.9 Å². The Labute approximate surface area is 130 Å². The molecule has 1 spiro atoms. The molecule has 2 aliphatic rings. The van der Waals surface area contributed by atoms with Gasteiger partial charge in [-0.25, -0.2) is 4.79 Å². The fourth-order valence-electron chi connectivity index (χ4n) is 2.88. The molecule has 0 radical (unpaired) electrons. The van der Waals surface area contributed by atoms with E-state index in [2.05, 4.69) is 26.3 Å². The number of aryl methyl sites for hydroxylation is 2. The summed E-state index contributed by atoms with van der Waals surface area (Å²) in [4.78, 5) is 26.1. The second-order valence-corrected chi connectivity index (χ2v) is 6.28. The Morgan fingerprint density at radius 2 is 2.05 bits per heavy atom. The number of ether oxygens (including phenoxy) is 1. The maximum absolute atomic E-state index is 12.7. The van der Waals surface area contributed by atoms with Crippen LogP contribution in [-0.2, 0) is 23.1 Å². The van der Waals surface area contributed by atoms with Crippen LogP contribution < -0.4 is 5.32 Å². The van der Waals surface area contributed by atoms with Gasteiger partial charge in [-0.2, -0.15) is 5.10 Å². The van der Waals surface area contributed by atoms with Crippen molar-refractivity contribution in [1.82, 2.24) is 20.0 Å². The van der Waals surface area contributed by atoms with Gasteiger partial charge in [-0.15, -0.1) is 0 Å². The zero-order valence-electron chi connectivity index (χ0n) is 12.0. The number of imide groups is 1. The van der Waals surface area contributed by atoms with E-state index in [4.69, 9.17) is 4.74 Å². The van der Waals surface area contributed by atoms with Crippen LogP contribution in [0.1, 0.15) is 24.2 Å². The first kappa shape index (κ1) is 14.5. The van der Waals surface area contributed by atoms with Gasteiger partial charge in [0, 0.05) is 33.1 Å². The molecule has 0 unspecified atom stereocenters. The Morgan fingerprint density at radius 3 is 2.62 bits per heavy atom. The topological polar surface area (TPSA) is 76.5 Å². The van der Waals surface area contributed by atoms with Crippen molar-refractivity contribution in [3.63, 3.8) is 0 Å². The van der Waals surface area contributed by atoms with Crippen LogP contribution in [0.15, 0.2) is 4.47 Å². The lowest BCUT2D eigenvalue weighted by Crippen LogP contribution is -2.51. The molecule has 0 saturated carbocycles. The van der Waals surface area contributed by atoms with E-state index in [1.807, 2.05) is 6.92 Å². The molecule has 7 nitrogen and oxygen atoms in total. The van der Waals surface area contributed by atoms with Crippen LogP contribution in [0.5, 0.6) is 0 Å². The SMILES string of the molecule is Cc1nn(C)c(CN2C(=O)NC3(CCOCC3)C2=O)c1Br. The summed E-state index contributed by atoms with van der Waals surface area (Å²) in [6, 6.07) is -0.340. The largest absolute Gasteiger partial charge is 0.381 e. The molecule has 0 aromatic carbocycles. The van der Waals surface area contributed by atoms with Gasteiger partial charge in [0.25, 0.3) is 5.91 Å². The Morgan fingerprint density at radius 1 is 1.38 bits per heavy atom. The predicted molar refractivity (Wildman–Crippen MR) is 77.5 cm³/mol. The van der Waals surface area contributed by atoms with Gasteiger partial charge >= 0.3 is 6.03 Å². The highest BCUT2D eigenvalue weighted by Gasteiger charge is 2.51. The monoisotopic (exact) mass is 356 g/mol. The third kappa shape index (κ3) is 2.26. The van der Waals surface area contributed by atoms with Gasteiger partial charge in [-0.1, -0.05) is 0 Å². The molecule has 0 bridgehead atoms. The second-order valence-electron chi connectivity index (χ2n) is 5.49. The minimum absolute atomic E-state index is 0.165. The number of aromatic nitrogens is 2. The normalized spacial score (nSPS) is 21.2. The number of halogens is 1. The molecule has 3 rings (SSSR count). The molecule has 1 aromatic heterocycles. The third-order valence-electron chi connectivity index (χ3n) is 4.16. The van der Waals surface area contributed by atoms with Crippen molar-refractivity contribution in [3.05, 3.63) is 15.9 Å². The smallest absolute Gasteiger partial charge is 0.325 e. The average molecular weight is 357 g/mol. The van der Waals surface area contributed by atoms with Gasteiger partial charge in [0.05, 0.1) is 22.4 Å². The lowest BCUT2D eigenvalue weighted by Gasteiger charge is -2.30. The minimum atomic E-state index is -0.782.